The van der Waals surface area contributed by atoms with Crippen LogP contribution in [0.1, 0.15) is 34.0 Å². The Labute approximate surface area is 178 Å². The molecule has 1 aliphatic rings. The van der Waals surface area contributed by atoms with E-state index in [0.29, 0.717) is 44.8 Å². The molecule has 2 aromatic carbocycles. The Morgan fingerprint density at radius 1 is 1.17 bits per heavy atom. The van der Waals surface area contributed by atoms with Gasteiger partial charge in [-0.1, -0.05) is 23.7 Å². The van der Waals surface area contributed by atoms with Gasteiger partial charge in [-0.3, -0.25) is 9.59 Å². The van der Waals surface area contributed by atoms with Crippen molar-refractivity contribution in [3.8, 4) is 17.2 Å². The molecule has 0 bridgehead atoms. The first kappa shape index (κ1) is 20.0. The molecule has 154 valence electrons. The van der Waals surface area contributed by atoms with E-state index in [2.05, 4.69) is 10.4 Å². The van der Waals surface area contributed by atoms with Crippen molar-refractivity contribution in [2.75, 3.05) is 19.5 Å². The van der Waals surface area contributed by atoms with E-state index < -0.39 is 5.92 Å². The number of ketones is 1. The molecule has 0 spiro atoms. The smallest absolute Gasteiger partial charge is 0.226 e. The topological polar surface area (TPSA) is 82.4 Å². The Morgan fingerprint density at radius 2 is 1.83 bits per heavy atom. The Hall–Kier alpha value is -3.32. The minimum Gasteiger partial charge on any atom is -0.496 e. The van der Waals surface area contributed by atoms with Crippen molar-refractivity contribution in [2.45, 2.75) is 19.3 Å². The molecule has 2 heterocycles. The highest BCUT2D eigenvalue weighted by Gasteiger charge is 2.38. The number of anilines is 1. The number of Topliss-reactive ketones (excluding diaryl/α,β-unsaturated/α-hetero) is 1. The van der Waals surface area contributed by atoms with Crippen LogP contribution in [0.3, 0.4) is 0 Å². The van der Waals surface area contributed by atoms with Crippen molar-refractivity contribution in [2.24, 2.45) is 0 Å². The van der Waals surface area contributed by atoms with Crippen LogP contribution < -0.4 is 14.8 Å². The zero-order valence-corrected chi connectivity index (χ0v) is 17.5. The van der Waals surface area contributed by atoms with Crippen molar-refractivity contribution in [3.63, 3.8) is 0 Å². The van der Waals surface area contributed by atoms with Crippen LogP contribution in [0.25, 0.3) is 5.69 Å². The summed E-state index contributed by atoms with van der Waals surface area (Å²) in [7, 11) is 2.99. The number of aromatic nitrogens is 2. The molecule has 7 nitrogen and oxygen atoms in total. The number of halogens is 1. The molecule has 0 aliphatic carbocycles. The van der Waals surface area contributed by atoms with Crippen LogP contribution in [0.4, 0.5) is 5.82 Å². The largest absolute Gasteiger partial charge is 0.496 e. The van der Waals surface area contributed by atoms with E-state index in [1.165, 1.54) is 14.2 Å². The summed E-state index contributed by atoms with van der Waals surface area (Å²) < 4.78 is 12.4. The standard InChI is InChI=1S/C22H20ClN3O4/c1-12-19-15(21(28)20-16(29-2)8-5-9-17(20)30-3)11-18(27)24-22(19)26(25-12)14-7-4-6-13(23)10-14/h4-10,15H,11H2,1-3H3,(H,24,27). The van der Waals surface area contributed by atoms with Crippen LogP contribution in [0, 0.1) is 6.92 Å². The molecule has 3 aromatic rings. The minimum absolute atomic E-state index is 0.00904. The third-order valence-corrected chi connectivity index (χ3v) is 5.38. The highest BCUT2D eigenvalue weighted by atomic mass is 35.5. The van der Waals surface area contributed by atoms with Crippen LogP contribution in [-0.2, 0) is 4.79 Å². The van der Waals surface area contributed by atoms with Gasteiger partial charge in [-0.25, -0.2) is 4.68 Å². The molecule has 30 heavy (non-hydrogen) atoms. The van der Waals surface area contributed by atoms with Gasteiger partial charge in [-0.15, -0.1) is 0 Å². The number of hydrogen-bond donors (Lipinski definition) is 1. The summed E-state index contributed by atoms with van der Waals surface area (Å²) in [6, 6.07) is 12.3. The third kappa shape index (κ3) is 3.31. The summed E-state index contributed by atoms with van der Waals surface area (Å²) in [5.74, 6) is 0.0238. The van der Waals surface area contributed by atoms with Crippen molar-refractivity contribution >= 4 is 29.1 Å². The number of amides is 1. The molecule has 1 atom stereocenters. The lowest BCUT2D eigenvalue weighted by Crippen LogP contribution is -2.29. The number of carbonyl (C=O) groups excluding carboxylic acids is 2. The number of hydrogen-bond acceptors (Lipinski definition) is 5. The summed E-state index contributed by atoms with van der Waals surface area (Å²) in [6.45, 7) is 1.82. The van der Waals surface area contributed by atoms with Crippen LogP contribution in [0.15, 0.2) is 42.5 Å². The second-order valence-corrected chi connectivity index (χ2v) is 7.38. The van der Waals surface area contributed by atoms with Gasteiger partial charge in [0.25, 0.3) is 0 Å². The quantitative estimate of drug-likeness (QED) is 0.620. The average molecular weight is 426 g/mol. The predicted octanol–water partition coefficient (Wildman–Crippen LogP) is 4.16. The van der Waals surface area contributed by atoms with E-state index in [1.54, 1.807) is 41.1 Å². The molecule has 0 fully saturated rings. The number of nitrogens with one attached hydrogen (secondary N) is 1. The molecular formula is C22H20ClN3O4. The summed E-state index contributed by atoms with van der Waals surface area (Å²) >= 11 is 6.13. The van der Waals surface area contributed by atoms with Crippen molar-refractivity contribution < 1.29 is 19.1 Å². The molecule has 1 N–H and O–H groups in total. The Morgan fingerprint density at radius 3 is 2.47 bits per heavy atom. The second-order valence-electron chi connectivity index (χ2n) is 6.95. The number of rotatable bonds is 5. The molecule has 1 amide bonds. The van der Waals surface area contributed by atoms with E-state index in [4.69, 9.17) is 21.1 Å². The maximum Gasteiger partial charge on any atom is 0.226 e. The lowest BCUT2D eigenvalue weighted by molar-refractivity contribution is -0.116. The van der Waals surface area contributed by atoms with Crippen LogP contribution >= 0.6 is 11.6 Å². The van der Waals surface area contributed by atoms with Gasteiger partial charge in [0.1, 0.15) is 22.9 Å². The monoisotopic (exact) mass is 425 g/mol. The maximum absolute atomic E-state index is 13.6. The summed E-state index contributed by atoms with van der Waals surface area (Å²) in [6.07, 6.45) is 0.00904. The zero-order chi connectivity index (χ0) is 21.4. The van der Waals surface area contributed by atoms with Gasteiger partial charge >= 0.3 is 0 Å². The first-order chi connectivity index (χ1) is 14.4. The van der Waals surface area contributed by atoms with E-state index >= 15 is 0 Å². The van der Waals surface area contributed by atoms with Gasteiger partial charge in [-0.2, -0.15) is 5.10 Å². The number of aryl methyl sites for hydroxylation is 1. The highest BCUT2D eigenvalue weighted by molar-refractivity contribution is 6.30. The molecule has 1 aliphatic heterocycles. The molecule has 0 saturated heterocycles. The summed E-state index contributed by atoms with van der Waals surface area (Å²) in [5, 5.41) is 7.99. The lowest BCUT2D eigenvalue weighted by atomic mass is 9.85. The number of ether oxygens (including phenoxy) is 2. The lowest BCUT2D eigenvalue weighted by Gasteiger charge is -2.24. The number of nitrogens with zero attached hydrogens (tertiary/aromatic N) is 2. The van der Waals surface area contributed by atoms with E-state index in [-0.39, 0.29) is 18.1 Å². The molecule has 4 rings (SSSR count). The maximum atomic E-state index is 13.6. The second kappa shape index (κ2) is 7.84. The van der Waals surface area contributed by atoms with Crippen molar-refractivity contribution in [3.05, 3.63) is 64.3 Å². The van der Waals surface area contributed by atoms with Gasteiger partial charge in [0.2, 0.25) is 5.91 Å². The number of fused-ring (bicyclic) bond motifs is 1. The molecular weight excluding hydrogens is 406 g/mol. The van der Waals surface area contributed by atoms with E-state index in [9.17, 15) is 9.59 Å². The fraction of sp³-hybridized carbons (Fsp3) is 0.227. The Balaban J connectivity index is 1.86. The Kier molecular flexibility index (Phi) is 5.22. The van der Waals surface area contributed by atoms with Crippen LogP contribution in [0.2, 0.25) is 5.02 Å². The van der Waals surface area contributed by atoms with Crippen molar-refractivity contribution in [1.82, 2.24) is 9.78 Å². The van der Waals surface area contributed by atoms with Crippen molar-refractivity contribution in [1.29, 1.82) is 0 Å². The molecule has 0 saturated carbocycles. The summed E-state index contributed by atoms with van der Waals surface area (Å²) in [5.41, 5.74) is 2.32. The number of carbonyl (C=O) groups is 2. The van der Waals surface area contributed by atoms with E-state index in [1.807, 2.05) is 13.0 Å². The van der Waals surface area contributed by atoms with Gasteiger partial charge in [0, 0.05) is 17.0 Å². The third-order valence-electron chi connectivity index (χ3n) is 5.15. The molecule has 1 aromatic heterocycles. The SMILES string of the molecule is COc1cccc(OC)c1C(=O)C1CC(=O)Nc2c1c(C)nn2-c1cccc(Cl)c1. The summed E-state index contributed by atoms with van der Waals surface area (Å²) in [4.78, 5) is 26.2. The van der Waals surface area contributed by atoms with Gasteiger partial charge in [0.05, 0.1) is 31.5 Å². The van der Waals surface area contributed by atoms with E-state index in [0.717, 1.165) is 0 Å². The predicted molar refractivity (Wildman–Crippen MR) is 113 cm³/mol. The normalized spacial score (nSPS) is 15.3. The zero-order valence-electron chi connectivity index (χ0n) is 16.7. The Bertz CT molecular complexity index is 1130. The first-order valence-corrected chi connectivity index (χ1v) is 9.73. The molecule has 1 unspecified atom stereocenters. The fourth-order valence-corrected chi connectivity index (χ4v) is 4.02. The van der Waals surface area contributed by atoms with Gasteiger partial charge in [-0.05, 0) is 37.3 Å². The average Bonchev–Trinajstić information content (AvgIpc) is 3.08. The number of methoxy groups -OCH3 is 2. The molecule has 8 heteroatoms. The highest BCUT2D eigenvalue weighted by Crippen LogP contribution is 2.41. The minimum atomic E-state index is -0.716. The number of benzene rings is 2. The fourth-order valence-electron chi connectivity index (χ4n) is 3.83. The first-order valence-electron chi connectivity index (χ1n) is 9.35. The van der Waals surface area contributed by atoms with Gasteiger partial charge < -0.3 is 14.8 Å². The van der Waals surface area contributed by atoms with Gasteiger partial charge in [0.15, 0.2) is 5.78 Å². The molecule has 0 radical (unpaired) electrons. The van der Waals surface area contributed by atoms with Crippen LogP contribution in [-0.4, -0.2) is 35.7 Å². The van der Waals surface area contributed by atoms with Crippen LogP contribution in [0.5, 0.6) is 11.5 Å².